The highest BCUT2D eigenvalue weighted by atomic mass is 32.2. The van der Waals surface area contributed by atoms with Crippen LogP contribution in [0.4, 0.5) is 0 Å². The minimum atomic E-state index is -3.55. The van der Waals surface area contributed by atoms with Crippen LogP contribution in [0.1, 0.15) is 41.0 Å². The van der Waals surface area contributed by atoms with Crippen LogP contribution in [-0.2, 0) is 30.1 Å². The van der Waals surface area contributed by atoms with E-state index in [1.54, 1.807) is 27.6 Å². The molecule has 1 aliphatic carbocycles. The van der Waals surface area contributed by atoms with Gasteiger partial charge in [0.2, 0.25) is 0 Å². The van der Waals surface area contributed by atoms with Gasteiger partial charge in [0.25, 0.3) is 6.33 Å². The Balaban J connectivity index is 1.54. The van der Waals surface area contributed by atoms with Gasteiger partial charge >= 0.3 is 10.2 Å². The molecule has 2 aliphatic rings. The normalized spacial score (nSPS) is 20.4. The first-order valence-electron chi connectivity index (χ1n) is 10.7. The zero-order chi connectivity index (χ0) is 20.7. The second kappa shape index (κ2) is 7.67. The van der Waals surface area contributed by atoms with Crippen molar-refractivity contribution in [3.8, 4) is 0 Å². The molecule has 0 saturated carbocycles. The van der Waals surface area contributed by atoms with E-state index in [-0.39, 0.29) is 11.8 Å². The van der Waals surface area contributed by atoms with E-state index in [9.17, 15) is 8.42 Å². The van der Waals surface area contributed by atoms with Crippen LogP contribution in [0.5, 0.6) is 0 Å². The number of aromatic nitrogens is 2. The molecule has 1 atom stereocenters. The lowest BCUT2D eigenvalue weighted by Crippen LogP contribution is -2.44. The average Bonchev–Trinajstić information content (AvgIpc) is 3.14. The molecule has 1 aliphatic heterocycles. The van der Waals surface area contributed by atoms with Crippen LogP contribution < -0.4 is 4.57 Å². The van der Waals surface area contributed by atoms with E-state index in [0.717, 1.165) is 25.7 Å². The third kappa shape index (κ3) is 3.38. The van der Waals surface area contributed by atoms with Gasteiger partial charge in [0.05, 0.1) is 7.05 Å². The zero-order valence-corrected chi connectivity index (χ0v) is 18.1. The first kappa shape index (κ1) is 19.5. The number of nitrogens with zero attached hydrogens (tertiary/aromatic N) is 3. The smallest absolute Gasteiger partial charge is 0.238 e. The molecule has 1 unspecified atom stereocenters. The molecule has 2 aromatic carbocycles. The minimum absolute atomic E-state index is 0.235. The van der Waals surface area contributed by atoms with E-state index < -0.39 is 10.2 Å². The Kier molecular flexibility index (Phi) is 4.99. The van der Waals surface area contributed by atoms with Crippen LogP contribution in [0.15, 0.2) is 67.3 Å². The highest BCUT2D eigenvalue weighted by molar-refractivity contribution is 7.87. The molecule has 5 nitrogen and oxygen atoms in total. The number of piperidine rings is 1. The summed E-state index contributed by atoms with van der Waals surface area (Å²) >= 11 is 0. The van der Waals surface area contributed by atoms with E-state index in [2.05, 4.69) is 48.5 Å². The summed E-state index contributed by atoms with van der Waals surface area (Å²) in [4.78, 5) is 0. The number of imidazole rings is 1. The van der Waals surface area contributed by atoms with Crippen molar-refractivity contribution in [3.05, 3.63) is 89.5 Å². The first-order chi connectivity index (χ1) is 14.5. The fraction of sp³-hybridized carbons (Fsp3) is 0.375. The van der Waals surface area contributed by atoms with Gasteiger partial charge in [0.1, 0.15) is 12.4 Å². The maximum atomic E-state index is 13.3. The van der Waals surface area contributed by atoms with E-state index in [4.69, 9.17) is 0 Å². The number of aryl methyl sites for hydroxylation is 3. The molecule has 30 heavy (non-hydrogen) atoms. The average molecular weight is 423 g/mol. The Morgan fingerprint density at radius 1 is 0.967 bits per heavy atom. The van der Waals surface area contributed by atoms with Crippen LogP contribution in [0, 0.1) is 5.92 Å². The zero-order valence-electron chi connectivity index (χ0n) is 17.3. The second-order valence-corrected chi connectivity index (χ2v) is 10.4. The summed E-state index contributed by atoms with van der Waals surface area (Å²) in [6, 6.07) is 17.5. The predicted molar refractivity (Wildman–Crippen MR) is 116 cm³/mol. The molecule has 3 aromatic rings. The van der Waals surface area contributed by atoms with Crippen molar-refractivity contribution in [2.45, 2.75) is 31.6 Å². The van der Waals surface area contributed by atoms with Crippen molar-refractivity contribution in [1.82, 2.24) is 8.28 Å². The van der Waals surface area contributed by atoms with Crippen molar-refractivity contribution < 1.29 is 13.0 Å². The Morgan fingerprint density at radius 3 is 2.20 bits per heavy atom. The quantitative estimate of drug-likeness (QED) is 0.609. The molecule has 6 heteroatoms. The standard InChI is InChI=1S/C24H28N3O2S/c1-25-15-16-27(18-25)30(28,29)26-14-6-9-21(17-26)24-22-10-4-2-7-19(22)12-13-20-8-3-5-11-23(20)24/h2-5,7-8,10-11,15-16,18,21,24H,6,9,12-14,17H2,1H3/q+1. The van der Waals surface area contributed by atoms with Gasteiger partial charge in [-0.25, -0.2) is 4.57 Å². The van der Waals surface area contributed by atoms with Crippen molar-refractivity contribution in [2.75, 3.05) is 13.1 Å². The molecule has 0 amide bonds. The lowest BCUT2D eigenvalue weighted by atomic mass is 9.76. The molecule has 1 aromatic heterocycles. The van der Waals surface area contributed by atoms with Crippen molar-refractivity contribution in [2.24, 2.45) is 13.0 Å². The summed E-state index contributed by atoms with van der Waals surface area (Å²) in [6.07, 6.45) is 9.01. The highest BCUT2D eigenvalue weighted by Gasteiger charge is 2.38. The van der Waals surface area contributed by atoms with Crippen LogP contribution in [0.25, 0.3) is 0 Å². The lowest BCUT2D eigenvalue weighted by molar-refractivity contribution is -0.670. The molecule has 2 heterocycles. The fourth-order valence-electron chi connectivity index (χ4n) is 5.23. The Labute approximate surface area is 178 Å². The molecule has 0 bridgehead atoms. The first-order valence-corrected chi connectivity index (χ1v) is 12.1. The largest absolute Gasteiger partial charge is 0.379 e. The fourth-order valence-corrected chi connectivity index (χ4v) is 6.71. The van der Waals surface area contributed by atoms with Crippen LogP contribution in [0.3, 0.4) is 0 Å². The van der Waals surface area contributed by atoms with Gasteiger partial charge in [-0.2, -0.15) is 12.7 Å². The Morgan fingerprint density at radius 2 is 1.60 bits per heavy atom. The SMILES string of the molecule is C[n+]1ccn(S(=O)(=O)N2CCCC(C3c4ccccc4CCc4ccccc43)C2)c1. The number of benzene rings is 2. The number of hydrogen-bond donors (Lipinski definition) is 0. The molecular weight excluding hydrogens is 394 g/mol. The maximum Gasteiger partial charge on any atom is 0.379 e. The van der Waals surface area contributed by atoms with E-state index >= 15 is 0 Å². The lowest BCUT2D eigenvalue weighted by Gasteiger charge is -2.36. The van der Waals surface area contributed by atoms with Crippen LogP contribution >= 0.6 is 0 Å². The molecule has 5 rings (SSSR count). The molecule has 0 N–H and O–H groups in total. The summed E-state index contributed by atoms with van der Waals surface area (Å²) in [5.41, 5.74) is 5.55. The maximum absolute atomic E-state index is 13.3. The monoisotopic (exact) mass is 422 g/mol. The third-order valence-electron chi connectivity index (χ3n) is 6.67. The third-order valence-corrected chi connectivity index (χ3v) is 8.41. The number of fused-ring (bicyclic) bond motifs is 2. The Hall–Kier alpha value is -2.44. The molecule has 0 radical (unpaired) electrons. The molecule has 156 valence electrons. The van der Waals surface area contributed by atoms with Gasteiger partial charge in [-0.05, 0) is 53.9 Å². The van der Waals surface area contributed by atoms with Gasteiger partial charge in [-0.15, -0.1) is 3.97 Å². The number of rotatable bonds is 3. The number of hydrogen-bond acceptors (Lipinski definition) is 2. The topological polar surface area (TPSA) is 46.2 Å². The van der Waals surface area contributed by atoms with Gasteiger partial charge in [-0.1, -0.05) is 48.5 Å². The summed E-state index contributed by atoms with van der Waals surface area (Å²) in [7, 11) is -1.71. The summed E-state index contributed by atoms with van der Waals surface area (Å²) in [5, 5.41) is 0. The molecule has 1 fully saturated rings. The summed E-state index contributed by atoms with van der Waals surface area (Å²) in [6.45, 7) is 1.13. The van der Waals surface area contributed by atoms with Gasteiger partial charge in [-0.3, -0.25) is 0 Å². The van der Waals surface area contributed by atoms with Gasteiger partial charge < -0.3 is 0 Å². The molecular formula is C24H28N3O2S+. The summed E-state index contributed by atoms with van der Waals surface area (Å²) in [5.74, 6) is 0.497. The Bertz CT molecular complexity index is 1120. The van der Waals surface area contributed by atoms with Crippen LogP contribution in [0.2, 0.25) is 0 Å². The van der Waals surface area contributed by atoms with Gasteiger partial charge in [0.15, 0.2) is 0 Å². The minimum Gasteiger partial charge on any atom is -0.238 e. The summed E-state index contributed by atoms with van der Waals surface area (Å²) < 4.78 is 31.3. The van der Waals surface area contributed by atoms with Crippen LogP contribution in [-0.4, -0.2) is 29.8 Å². The second-order valence-electron chi connectivity index (χ2n) is 8.55. The molecule has 1 saturated heterocycles. The molecule has 0 spiro atoms. The highest BCUT2D eigenvalue weighted by Crippen LogP contribution is 2.42. The predicted octanol–water partition coefficient (Wildman–Crippen LogP) is 3.05. The van der Waals surface area contributed by atoms with Crippen molar-refractivity contribution >= 4 is 10.2 Å². The van der Waals surface area contributed by atoms with E-state index in [1.807, 2.05) is 7.05 Å². The van der Waals surface area contributed by atoms with E-state index in [1.165, 1.54) is 26.2 Å². The van der Waals surface area contributed by atoms with Gasteiger partial charge in [0, 0.05) is 19.0 Å². The van der Waals surface area contributed by atoms with Crippen molar-refractivity contribution in [3.63, 3.8) is 0 Å². The van der Waals surface area contributed by atoms with E-state index in [0.29, 0.717) is 13.1 Å². The van der Waals surface area contributed by atoms with Crippen molar-refractivity contribution in [1.29, 1.82) is 0 Å².